The van der Waals surface area contributed by atoms with Crippen LogP contribution in [0.25, 0.3) is 0 Å². The number of alkyl halides is 3. The van der Waals surface area contributed by atoms with E-state index in [-0.39, 0.29) is 0 Å². The van der Waals surface area contributed by atoms with E-state index in [1.54, 1.807) is 4.90 Å². The Balaban J connectivity index is 1.35. The number of halogens is 3. The third-order valence-electron chi connectivity index (χ3n) is 9.82. The van der Waals surface area contributed by atoms with Gasteiger partial charge in [0.25, 0.3) is 0 Å². The Kier molecular flexibility index (Phi) is 7.87. The van der Waals surface area contributed by atoms with Gasteiger partial charge in [0.2, 0.25) is 5.91 Å². The zero-order valence-corrected chi connectivity index (χ0v) is 22.0. The van der Waals surface area contributed by atoms with E-state index in [0.717, 1.165) is 51.9 Å². The Bertz CT molecular complexity index is 734. The highest BCUT2D eigenvalue weighted by Crippen LogP contribution is 2.51. The second-order valence-corrected chi connectivity index (χ2v) is 13.0. The Hall–Kier alpha value is -0.860. The first-order valence-electron chi connectivity index (χ1n) is 13.9. The fourth-order valence-corrected chi connectivity index (χ4v) is 7.44. The minimum absolute atomic E-state index is 0.344. The average molecular weight is 502 g/mol. The summed E-state index contributed by atoms with van der Waals surface area (Å²) in [6.07, 6.45) is 3.87. The van der Waals surface area contributed by atoms with Crippen LogP contribution in [0.3, 0.4) is 0 Å². The fraction of sp³-hybridized carbons (Fsp3) is 0.963. The van der Waals surface area contributed by atoms with Gasteiger partial charge in [-0.1, -0.05) is 33.6 Å². The molecule has 5 nitrogen and oxygen atoms in total. The molecule has 0 aromatic heterocycles. The Labute approximate surface area is 209 Å². The predicted octanol–water partition coefficient (Wildman–Crippen LogP) is 4.69. The van der Waals surface area contributed by atoms with Gasteiger partial charge in [-0.15, -0.1) is 0 Å². The molecule has 1 unspecified atom stereocenters. The molecular weight excluding hydrogens is 455 g/mol. The number of likely N-dealkylation sites (tertiary alicyclic amines) is 1. The molecule has 0 aromatic rings. The molecule has 2 aliphatic carbocycles. The van der Waals surface area contributed by atoms with Crippen LogP contribution < -0.4 is 0 Å². The number of hydrogen-bond acceptors (Lipinski definition) is 4. The highest BCUT2D eigenvalue weighted by atomic mass is 19.4. The van der Waals surface area contributed by atoms with Crippen molar-refractivity contribution in [3.63, 3.8) is 0 Å². The minimum Gasteiger partial charge on any atom is -0.388 e. The number of amides is 1. The van der Waals surface area contributed by atoms with Gasteiger partial charge in [-0.05, 0) is 50.4 Å². The molecule has 4 rings (SSSR count). The largest absolute Gasteiger partial charge is 0.389 e. The van der Waals surface area contributed by atoms with Crippen molar-refractivity contribution in [2.24, 2.45) is 16.7 Å². The molecule has 2 saturated carbocycles. The monoisotopic (exact) mass is 501 g/mol. The Morgan fingerprint density at radius 3 is 2.14 bits per heavy atom. The lowest BCUT2D eigenvalue weighted by Crippen LogP contribution is -2.65. The molecule has 2 atom stereocenters. The lowest BCUT2D eigenvalue weighted by atomic mass is 9.65. The van der Waals surface area contributed by atoms with Crippen molar-refractivity contribution in [1.29, 1.82) is 0 Å². The SMILES string of the molecule is C[C@H](CC(F)(F)F)C(=O)N1CCC(O)(CN2CCN(C3CCC(C)(C)CC3)CC2)C2(CCCC2)C1. The second kappa shape index (κ2) is 10.1. The van der Waals surface area contributed by atoms with E-state index in [9.17, 15) is 23.1 Å². The summed E-state index contributed by atoms with van der Waals surface area (Å²) >= 11 is 0. The van der Waals surface area contributed by atoms with Gasteiger partial charge in [0, 0.05) is 63.2 Å². The molecule has 8 heteroatoms. The van der Waals surface area contributed by atoms with Crippen molar-refractivity contribution < 1.29 is 23.1 Å². The van der Waals surface area contributed by atoms with E-state index in [0.29, 0.717) is 37.5 Å². The first kappa shape index (κ1) is 27.2. The van der Waals surface area contributed by atoms with Crippen LogP contribution in [0.5, 0.6) is 0 Å². The topological polar surface area (TPSA) is 47.0 Å². The van der Waals surface area contributed by atoms with Gasteiger partial charge in [0.05, 0.1) is 12.0 Å². The zero-order chi connectivity index (χ0) is 25.5. The molecule has 0 bridgehead atoms. The number of nitrogens with zero attached hydrogens (tertiary/aromatic N) is 3. The summed E-state index contributed by atoms with van der Waals surface area (Å²) in [6.45, 7) is 11.4. The van der Waals surface area contributed by atoms with E-state index in [2.05, 4.69) is 23.6 Å². The van der Waals surface area contributed by atoms with E-state index in [1.807, 2.05) is 0 Å². The van der Waals surface area contributed by atoms with Crippen molar-refractivity contribution in [2.45, 2.75) is 103 Å². The third kappa shape index (κ3) is 6.18. The molecule has 35 heavy (non-hydrogen) atoms. The van der Waals surface area contributed by atoms with Crippen LogP contribution >= 0.6 is 0 Å². The van der Waals surface area contributed by atoms with Crippen LogP contribution in [0.4, 0.5) is 13.2 Å². The number of aliphatic hydroxyl groups is 1. The zero-order valence-electron chi connectivity index (χ0n) is 22.0. The van der Waals surface area contributed by atoms with Crippen LogP contribution in [0.15, 0.2) is 0 Å². The summed E-state index contributed by atoms with van der Waals surface area (Å²) in [4.78, 5) is 19.5. The summed E-state index contributed by atoms with van der Waals surface area (Å²) in [5.41, 5.74) is -0.812. The van der Waals surface area contributed by atoms with Gasteiger partial charge >= 0.3 is 6.18 Å². The highest BCUT2D eigenvalue weighted by Gasteiger charge is 2.56. The molecule has 2 saturated heterocycles. The number of carbonyl (C=O) groups excluding carboxylic acids is 1. The molecule has 0 radical (unpaired) electrons. The lowest BCUT2D eigenvalue weighted by molar-refractivity contribution is -0.174. The molecule has 1 amide bonds. The van der Waals surface area contributed by atoms with Crippen LogP contribution in [0.1, 0.15) is 85.0 Å². The normalized spacial score (nSPS) is 31.7. The number of piperazine rings is 1. The van der Waals surface area contributed by atoms with Gasteiger partial charge in [-0.25, -0.2) is 0 Å². The van der Waals surface area contributed by atoms with E-state index >= 15 is 0 Å². The van der Waals surface area contributed by atoms with Crippen LogP contribution in [-0.2, 0) is 4.79 Å². The summed E-state index contributed by atoms with van der Waals surface area (Å²) in [6, 6.07) is 0.683. The first-order valence-corrected chi connectivity index (χ1v) is 13.9. The van der Waals surface area contributed by atoms with Gasteiger partial charge in [-0.3, -0.25) is 14.6 Å². The molecule has 2 heterocycles. The Morgan fingerprint density at radius 2 is 1.57 bits per heavy atom. The fourth-order valence-electron chi connectivity index (χ4n) is 7.44. The van der Waals surface area contributed by atoms with Crippen molar-refractivity contribution >= 4 is 5.91 Å². The Morgan fingerprint density at radius 1 is 0.971 bits per heavy atom. The van der Waals surface area contributed by atoms with E-state index < -0.39 is 35.4 Å². The maximum Gasteiger partial charge on any atom is 0.389 e. The number of carbonyl (C=O) groups is 1. The molecular formula is C27H46F3N3O2. The predicted molar refractivity (Wildman–Crippen MR) is 131 cm³/mol. The van der Waals surface area contributed by atoms with Gasteiger partial charge < -0.3 is 10.0 Å². The smallest absolute Gasteiger partial charge is 0.388 e. The van der Waals surface area contributed by atoms with Crippen LogP contribution in [0, 0.1) is 16.7 Å². The maximum absolute atomic E-state index is 12.9. The molecule has 1 spiro atoms. The summed E-state index contributed by atoms with van der Waals surface area (Å²) in [5.74, 6) is -1.49. The van der Waals surface area contributed by atoms with Crippen molar-refractivity contribution in [3.8, 4) is 0 Å². The van der Waals surface area contributed by atoms with Crippen molar-refractivity contribution in [2.75, 3.05) is 45.8 Å². The summed E-state index contributed by atoms with van der Waals surface area (Å²) < 4.78 is 38.6. The molecule has 4 aliphatic rings. The summed E-state index contributed by atoms with van der Waals surface area (Å²) in [7, 11) is 0. The standard InChI is InChI=1S/C27H46F3N3O2/c1-21(18-27(28,29)30)23(34)33-13-12-26(35,25(19-33)8-4-5-9-25)20-31-14-16-32(17-15-31)22-6-10-24(2,3)11-7-22/h21-22,35H,4-20H2,1-3H3/t21-,26?/m1/s1. The lowest BCUT2D eigenvalue weighted by Gasteiger charge is -2.54. The van der Waals surface area contributed by atoms with Gasteiger partial charge in [-0.2, -0.15) is 13.2 Å². The molecule has 0 aromatic carbocycles. The number of β-amino-alcohol motifs (C(OH)–C–C–N with tert-alkyl or cyclic N) is 1. The van der Waals surface area contributed by atoms with Crippen LogP contribution in [0.2, 0.25) is 0 Å². The van der Waals surface area contributed by atoms with E-state index in [1.165, 1.54) is 32.6 Å². The number of rotatable bonds is 5. The second-order valence-electron chi connectivity index (χ2n) is 13.0. The highest BCUT2D eigenvalue weighted by molar-refractivity contribution is 5.78. The first-order chi connectivity index (χ1) is 16.3. The summed E-state index contributed by atoms with van der Waals surface area (Å²) in [5, 5.41) is 12.0. The molecule has 1 N–H and O–H groups in total. The average Bonchev–Trinajstić information content (AvgIpc) is 3.25. The van der Waals surface area contributed by atoms with Gasteiger partial charge in [0.1, 0.15) is 0 Å². The van der Waals surface area contributed by atoms with Crippen molar-refractivity contribution in [3.05, 3.63) is 0 Å². The third-order valence-corrected chi connectivity index (χ3v) is 9.82. The molecule has 202 valence electrons. The maximum atomic E-state index is 12.9. The number of hydrogen-bond donors (Lipinski definition) is 1. The van der Waals surface area contributed by atoms with Crippen molar-refractivity contribution in [1.82, 2.24) is 14.7 Å². The molecule has 4 fully saturated rings. The van der Waals surface area contributed by atoms with Gasteiger partial charge in [0.15, 0.2) is 0 Å². The van der Waals surface area contributed by atoms with E-state index in [4.69, 9.17) is 0 Å². The minimum atomic E-state index is -4.34. The quantitative estimate of drug-likeness (QED) is 0.594. The van der Waals surface area contributed by atoms with Crippen LogP contribution in [-0.4, -0.2) is 89.3 Å². The number of piperidine rings is 1. The molecule has 2 aliphatic heterocycles.